The molecule has 0 bridgehead atoms. The highest BCUT2D eigenvalue weighted by Gasteiger charge is 2.06. The van der Waals surface area contributed by atoms with Gasteiger partial charge in [-0.25, -0.2) is 9.97 Å². The van der Waals surface area contributed by atoms with Gasteiger partial charge in [0, 0.05) is 35.6 Å². The van der Waals surface area contributed by atoms with Crippen molar-refractivity contribution >= 4 is 22.4 Å². The molecule has 3 aromatic carbocycles. The number of hydrogen-bond acceptors (Lipinski definition) is 3. The molecule has 2 heterocycles. The SMILES string of the molecule is Cc1ccccc1-c1cc(Nc2cccc(Cn3ccc4ccccc43)c2)ncn1. The predicted octanol–water partition coefficient (Wildman–Crippen LogP) is 6.20. The maximum Gasteiger partial charge on any atom is 0.134 e. The third-order valence-corrected chi connectivity index (χ3v) is 5.32. The Labute approximate surface area is 175 Å². The van der Waals surface area contributed by atoms with E-state index in [4.69, 9.17) is 0 Å². The van der Waals surface area contributed by atoms with Gasteiger partial charge in [-0.2, -0.15) is 0 Å². The molecule has 2 aromatic heterocycles. The predicted molar refractivity (Wildman–Crippen MR) is 123 cm³/mol. The highest BCUT2D eigenvalue weighted by atomic mass is 15.0. The molecule has 0 fully saturated rings. The number of aromatic nitrogens is 3. The summed E-state index contributed by atoms with van der Waals surface area (Å²) in [4.78, 5) is 8.86. The van der Waals surface area contributed by atoms with Crippen molar-refractivity contribution in [3.8, 4) is 11.3 Å². The standard InChI is InChI=1S/C26H22N4/c1-19-7-2-4-11-23(19)24-16-26(28-18-27-24)29-22-10-6-8-20(15-22)17-30-14-13-21-9-3-5-12-25(21)30/h2-16,18H,17H2,1H3,(H,27,28,29). The number of rotatable bonds is 5. The molecule has 0 amide bonds. The molecule has 4 nitrogen and oxygen atoms in total. The highest BCUT2D eigenvalue weighted by molar-refractivity contribution is 5.80. The largest absolute Gasteiger partial charge is 0.343 e. The summed E-state index contributed by atoms with van der Waals surface area (Å²) in [5.41, 5.74) is 6.72. The highest BCUT2D eigenvalue weighted by Crippen LogP contribution is 2.24. The van der Waals surface area contributed by atoms with Gasteiger partial charge in [0.2, 0.25) is 0 Å². The van der Waals surface area contributed by atoms with Crippen molar-refractivity contribution in [2.24, 2.45) is 0 Å². The summed E-state index contributed by atoms with van der Waals surface area (Å²) in [6.07, 6.45) is 3.75. The molecule has 0 radical (unpaired) electrons. The zero-order valence-corrected chi connectivity index (χ0v) is 16.8. The van der Waals surface area contributed by atoms with Gasteiger partial charge >= 0.3 is 0 Å². The maximum atomic E-state index is 4.45. The van der Waals surface area contributed by atoms with Crippen LogP contribution in [0.25, 0.3) is 22.2 Å². The molecular weight excluding hydrogens is 368 g/mol. The lowest BCUT2D eigenvalue weighted by molar-refractivity contribution is 0.837. The van der Waals surface area contributed by atoms with E-state index < -0.39 is 0 Å². The minimum atomic E-state index is 0.784. The second kappa shape index (κ2) is 7.84. The third kappa shape index (κ3) is 3.67. The average Bonchev–Trinajstić information content (AvgIpc) is 3.17. The van der Waals surface area contributed by atoms with Crippen molar-refractivity contribution < 1.29 is 0 Å². The van der Waals surface area contributed by atoms with Gasteiger partial charge in [-0.3, -0.25) is 0 Å². The van der Waals surface area contributed by atoms with Crippen molar-refractivity contribution in [3.05, 3.63) is 109 Å². The first-order chi connectivity index (χ1) is 14.8. The van der Waals surface area contributed by atoms with Gasteiger partial charge in [0.05, 0.1) is 5.69 Å². The Morgan fingerprint density at radius 3 is 2.63 bits per heavy atom. The van der Waals surface area contributed by atoms with Crippen molar-refractivity contribution in [1.82, 2.24) is 14.5 Å². The molecule has 0 saturated heterocycles. The summed E-state index contributed by atoms with van der Waals surface area (Å²) in [5.74, 6) is 0.784. The van der Waals surface area contributed by atoms with Crippen LogP contribution in [0.3, 0.4) is 0 Å². The summed E-state index contributed by atoms with van der Waals surface area (Å²) in [5, 5.41) is 4.69. The van der Waals surface area contributed by atoms with Crippen LogP contribution >= 0.6 is 0 Å². The van der Waals surface area contributed by atoms with Crippen molar-refractivity contribution in [2.75, 3.05) is 5.32 Å². The number of nitrogens with one attached hydrogen (secondary N) is 1. The molecule has 0 spiro atoms. The van der Waals surface area contributed by atoms with Crippen LogP contribution in [0.2, 0.25) is 0 Å². The zero-order valence-electron chi connectivity index (χ0n) is 16.8. The van der Waals surface area contributed by atoms with Crippen LogP contribution in [0.1, 0.15) is 11.1 Å². The number of hydrogen-bond donors (Lipinski definition) is 1. The summed E-state index contributed by atoms with van der Waals surface area (Å²) < 4.78 is 2.27. The topological polar surface area (TPSA) is 42.7 Å². The molecule has 4 heteroatoms. The Morgan fingerprint density at radius 1 is 0.833 bits per heavy atom. The van der Waals surface area contributed by atoms with Crippen LogP contribution in [0, 0.1) is 6.92 Å². The Bertz CT molecular complexity index is 1320. The Kier molecular flexibility index (Phi) is 4.74. The number of fused-ring (bicyclic) bond motifs is 1. The number of para-hydroxylation sites is 1. The van der Waals surface area contributed by atoms with E-state index in [1.807, 2.05) is 18.2 Å². The average molecular weight is 390 g/mol. The summed E-state index contributed by atoms with van der Waals surface area (Å²) in [7, 11) is 0. The van der Waals surface area contributed by atoms with E-state index in [9.17, 15) is 0 Å². The first-order valence-electron chi connectivity index (χ1n) is 10.0. The Hall–Kier alpha value is -3.92. The normalized spacial score (nSPS) is 11.0. The molecule has 30 heavy (non-hydrogen) atoms. The lowest BCUT2D eigenvalue weighted by Gasteiger charge is -2.11. The quantitative estimate of drug-likeness (QED) is 0.389. The second-order valence-corrected chi connectivity index (χ2v) is 7.43. The van der Waals surface area contributed by atoms with Crippen LogP contribution in [0.4, 0.5) is 11.5 Å². The first-order valence-corrected chi connectivity index (χ1v) is 10.0. The van der Waals surface area contributed by atoms with E-state index in [1.54, 1.807) is 6.33 Å². The van der Waals surface area contributed by atoms with Crippen LogP contribution in [-0.2, 0) is 6.54 Å². The van der Waals surface area contributed by atoms with E-state index in [0.29, 0.717) is 0 Å². The minimum Gasteiger partial charge on any atom is -0.343 e. The summed E-state index contributed by atoms with van der Waals surface area (Å²) in [6, 6.07) is 29.3. The number of nitrogens with zero attached hydrogens (tertiary/aromatic N) is 3. The lowest BCUT2D eigenvalue weighted by atomic mass is 10.1. The maximum absolute atomic E-state index is 4.45. The second-order valence-electron chi connectivity index (χ2n) is 7.43. The minimum absolute atomic E-state index is 0.784. The van der Waals surface area contributed by atoms with E-state index in [0.717, 1.165) is 29.3 Å². The monoisotopic (exact) mass is 390 g/mol. The van der Waals surface area contributed by atoms with Gasteiger partial charge in [-0.05, 0) is 47.7 Å². The smallest absolute Gasteiger partial charge is 0.134 e. The van der Waals surface area contributed by atoms with Crippen molar-refractivity contribution in [2.45, 2.75) is 13.5 Å². The van der Waals surface area contributed by atoms with Gasteiger partial charge < -0.3 is 9.88 Å². The van der Waals surface area contributed by atoms with Gasteiger partial charge in [0.15, 0.2) is 0 Å². The molecule has 0 unspecified atom stereocenters. The summed E-state index contributed by atoms with van der Waals surface area (Å²) in [6.45, 7) is 2.92. The molecule has 0 aliphatic rings. The number of aryl methyl sites for hydroxylation is 1. The molecule has 0 saturated carbocycles. The fourth-order valence-corrected chi connectivity index (χ4v) is 3.80. The van der Waals surface area contributed by atoms with Gasteiger partial charge in [0.1, 0.15) is 12.1 Å². The van der Waals surface area contributed by atoms with E-state index in [-0.39, 0.29) is 0 Å². The molecular formula is C26H22N4. The fraction of sp³-hybridized carbons (Fsp3) is 0.0769. The Balaban J connectivity index is 1.39. The number of anilines is 2. The van der Waals surface area contributed by atoms with Crippen LogP contribution in [-0.4, -0.2) is 14.5 Å². The molecule has 1 N–H and O–H groups in total. The van der Waals surface area contributed by atoms with Gasteiger partial charge in [0.25, 0.3) is 0 Å². The van der Waals surface area contributed by atoms with Crippen LogP contribution in [0.15, 0.2) is 97.5 Å². The molecule has 5 rings (SSSR count). The van der Waals surface area contributed by atoms with Crippen LogP contribution in [0.5, 0.6) is 0 Å². The zero-order chi connectivity index (χ0) is 20.3. The molecule has 0 atom stereocenters. The van der Waals surface area contributed by atoms with Crippen LogP contribution < -0.4 is 5.32 Å². The van der Waals surface area contributed by atoms with Gasteiger partial charge in [-0.15, -0.1) is 0 Å². The first kappa shape index (κ1) is 18.1. The summed E-state index contributed by atoms with van der Waals surface area (Å²) >= 11 is 0. The van der Waals surface area contributed by atoms with E-state index in [2.05, 4.69) is 99.7 Å². The fourth-order valence-electron chi connectivity index (χ4n) is 3.80. The molecule has 0 aliphatic carbocycles. The molecule has 0 aliphatic heterocycles. The Morgan fingerprint density at radius 2 is 1.70 bits per heavy atom. The van der Waals surface area contributed by atoms with E-state index in [1.165, 1.54) is 22.0 Å². The van der Waals surface area contributed by atoms with Gasteiger partial charge in [-0.1, -0.05) is 54.6 Å². The third-order valence-electron chi connectivity index (χ3n) is 5.32. The molecule has 146 valence electrons. The number of benzene rings is 3. The van der Waals surface area contributed by atoms with Crippen molar-refractivity contribution in [1.29, 1.82) is 0 Å². The lowest BCUT2D eigenvalue weighted by Crippen LogP contribution is -2.00. The molecule has 5 aromatic rings. The van der Waals surface area contributed by atoms with Crippen molar-refractivity contribution in [3.63, 3.8) is 0 Å². The van der Waals surface area contributed by atoms with E-state index >= 15 is 0 Å².